The molecule has 16 heavy (non-hydrogen) atoms. The Morgan fingerprint density at radius 1 is 1.38 bits per heavy atom. The van der Waals surface area contributed by atoms with Gasteiger partial charge in [-0.3, -0.25) is 0 Å². The van der Waals surface area contributed by atoms with Gasteiger partial charge in [0, 0.05) is 18.8 Å². The monoisotopic (exact) mass is 238 g/mol. The van der Waals surface area contributed by atoms with E-state index in [1.54, 1.807) is 0 Å². The first-order chi connectivity index (χ1) is 7.63. The van der Waals surface area contributed by atoms with Gasteiger partial charge in [0.1, 0.15) is 0 Å². The van der Waals surface area contributed by atoms with E-state index in [-0.39, 0.29) is 6.61 Å². The minimum Gasteiger partial charge on any atom is -0.396 e. The van der Waals surface area contributed by atoms with Gasteiger partial charge in [0.15, 0.2) is 5.11 Å². The number of aliphatic hydroxyl groups is 1. The van der Waals surface area contributed by atoms with E-state index in [1.807, 2.05) is 19.1 Å². The third kappa shape index (κ3) is 4.16. The summed E-state index contributed by atoms with van der Waals surface area (Å²) in [6.07, 6.45) is 0.703. The van der Waals surface area contributed by atoms with Crippen molar-refractivity contribution in [3.05, 3.63) is 29.3 Å². The van der Waals surface area contributed by atoms with Crippen LogP contribution in [0.5, 0.6) is 0 Å². The molecule has 88 valence electrons. The number of rotatable bonds is 4. The van der Waals surface area contributed by atoms with Crippen LogP contribution in [0.15, 0.2) is 18.2 Å². The Labute approximate surface area is 102 Å². The van der Waals surface area contributed by atoms with Gasteiger partial charge in [-0.25, -0.2) is 0 Å². The molecular weight excluding hydrogens is 220 g/mol. The predicted octanol–water partition coefficient (Wildman–Crippen LogP) is 1.97. The summed E-state index contributed by atoms with van der Waals surface area (Å²) in [6, 6.07) is 6.18. The number of anilines is 1. The van der Waals surface area contributed by atoms with E-state index in [4.69, 9.17) is 17.3 Å². The summed E-state index contributed by atoms with van der Waals surface area (Å²) in [5.74, 6) is 0. The summed E-state index contributed by atoms with van der Waals surface area (Å²) in [6.45, 7) is 4.98. The van der Waals surface area contributed by atoms with E-state index in [9.17, 15) is 0 Å². The standard InChI is InChI=1S/C12H18N2OS/c1-9-4-5-11(10(2)8-9)14-12(16)13-6-3-7-15/h4-5,8,15H,3,6-7H2,1-2H3,(H2,13,14,16). The minimum atomic E-state index is 0.180. The van der Waals surface area contributed by atoms with Gasteiger partial charge in [0.2, 0.25) is 0 Å². The zero-order chi connectivity index (χ0) is 12.0. The van der Waals surface area contributed by atoms with Crippen molar-refractivity contribution < 1.29 is 5.11 Å². The SMILES string of the molecule is Cc1ccc(NC(=S)NCCCO)c(C)c1. The molecular formula is C12H18N2OS. The molecule has 0 aliphatic carbocycles. The van der Waals surface area contributed by atoms with Crippen LogP contribution < -0.4 is 10.6 Å². The van der Waals surface area contributed by atoms with E-state index >= 15 is 0 Å². The van der Waals surface area contributed by atoms with Crippen molar-refractivity contribution in [3.8, 4) is 0 Å². The quantitative estimate of drug-likeness (QED) is 0.554. The van der Waals surface area contributed by atoms with Gasteiger partial charge in [-0.1, -0.05) is 17.7 Å². The maximum atomic E-state index is 8.64. The maximum Gasteiger partial charge on any atom is 0.170 e. The normalized spacial score (nSPS) is 9.94. The predicted molar refractivity (Wildman–Crippen MR) is 71.8 cm³/mol. The van der Waals surface area contributed by atoms with Crippen LogP contribution in [0.25, 0.3) is 0 Å². The average Bonchev–Trinajstić information content (AvgIpc) is 2.23. The van der Waals surface area contributed by atoms with Crippen molar-refractivity contribution in [2.45, 2.75) is 20.3 Å². The van der Waals surface area contributed by atoms with E-state index in [0.717, 1.165) is 5.69 Å². The van der Waals surface area contributed by atoms with Crippen LogP contribution in [-0.2, 0) is 0 Å². The van der Waals surface area contributed by atoms with Crippen LogP contribution in [0.4, 0.5) is 5.69 Å². The highest BCUT2D eigenvalue weighted by molar-refractivity contribution is 7.80. The first-order valence-electron chi connectivity index (χ1n) is 5.36. The number of aryl methyl sites for hydroxylation is 2. The Balaban J connectivity index is 2.49. The van der Waals surface area contributed by atoms with Crippen molar-refractivity contribution in [1.82, 2.24) is 5.32 Å². The Hall–Kier alpha value is -1.13. The van der Waals surface area contributed by atoms with E-state index < -0.39 is 0 Å². The molecule has 0 heterocycles. The molecule has 0 aromatic heterocycles. The molecule has 1 aromatic rings. The highest BCUT2D eigenvalue weighted by Crippen LogP contribution is 2.15. The summed E-state index contributed by atoms with van der Waals surface area (Å²) >= 11 is 5.14. The number of aliphatic hydroxyl groups excluding tert-OH is 1. The lowest BCUT2D eigenvalue weighted by Crippen LogP contribution is -2.29. The molecule has 0 aliphatic heterocycles. The van der Waals surface area contributed by atoms with Crippen LogP contribution in [0.1, 0.15) is 17.5 Å². The third-order valence-corrected chi connectivity index (χ3v) is 2.50. The Bertz CT molecular complexity index is 366. The fraction of sp³-hybridized carbons (Fsp3) is 0.417. The topological polar surface area (TPSA) is 44.3 Å². The summed E-state index contributed by atoms with van der Waals surface area (Å²) in [4.78, 5) is 0. The van der Waals surface area contributed by atoms with Gasteiger partial charge in [-0.05, 0) is 44.1 Å². The van der Waals surface area contributed by atoms with Crippen LogP contribution in [0.3, 0.4) is 0 Å². The largest absolute Gasteiger partial charge is 0.396 e. The highest BCUT2D eigenvalue weighted by Gasteiger charge is 2.00. The molecule has 0 unspecified atom stereocenters. The molecule has 1 aromatic carbocycles. The Kier molecular flexibility index (Phi) is 5.22. The number of hydrogen-bond donors (Lipinski definition) is 3. The highest BCUT2D eigenvalue weighted by atomic mass is 32.1. The zero-order valence-corrected chi connectivity index (χ0v) is 10.5. The van der Waals surface area contributed by atoms with Gasteiger partial charge in [0.25, 0.3) is 0 Å². The fourth-order valence-electron chi connectivity index (χ4n) is 1.40. The minimum absolute atomic E-state index is 0.180. The third-order valence-electron chi connectivity index (χ3n) is 2.25. The fourth-order valence-corrected chi connectivity index (χ4v) is 1.61. The molecule has 0 atom stereocenters. The molecule has 0 saturated heterocycles. The molecule has 0 bridgehead atoms. The first kappa shape index (κ1) is 12.9. The molecule has 4 heteroatoms. The van der Waals surface area contributed by atoms with Gasteiger partial charge in [0.05, 0.1) is 0 Å². The van der Waals surface area contributed by atoms with E-state index in [2.05, 4.69) is 23.6 Å². The van der Waals surface area contributed by atoms with Crippen molar-refractivity contribution in [1.29, 1.82) is 0 Å². The van der Waals surface area contributed by atoms with Gasteiger partial charge in [-0.15, -0.1) is 0 Å². The van der Waals surface area contributed by atoms with Gasteiger partial charge < -0.3 is 15.7 Å². The van der Waals surface area contributed by atoms with Crippen LogP contribution in [-0.4, -0.2) is 23.4 Å². The molecule has 0 fully saturated rings. The van der Waals surface area contributed by atoms with Gasteiger partial charge >= 0.3 is 0 Å². The molecule has 0 aliphatic rings. The lowest BCUT2D eigenvalue weighted by molar-refractivity contribution is 0.289. The molecule has 0 spiro atoms. The summed E-state index contributed by atoms with van der Waals surface area (Å²) < 4.78 is 0. The second-order valence-corrected chi connectivity index (χ2v) is 4.18. The van der Waals surface area contributed by atoms with E-state index in [0.29, 0.717) is 18.1 Å². The second kappa shape index (κ2) is 6.45. The van der Waals surface area contributed by atoms with Crippen LogP contribution in [0, 0.1) is 13.8 Å². The number of thiocarbonyl (C=S) groups is 1. The second-order valence-electron chi connectivity index (χ2n) is 3.78. The summed E-state index contributed by atoms with van der Waals surface area (Å²) in [5, 5.41) is 15.4. The maximum absolute atomic E-state index is 8.64. The lowest BCUT2D eigenvalue weighted by atomic mass is 10.1. The molecule has 0 amide bonds. The Morgan fingerprint density at radius 2 is 2.12 bits per heavy atom. The van der Waals surface area contributed by atoms with E-state index in [1.165, 1.54) is 11.1 Å². The summed E-state index contributed by atoms with van der Waals surface area (Å²) in [7, 11) is 0. The molecule has 1 rings (SSSR count). The molecule has 0 radical (unpaired) electrons. The molecule has 0 saturated carbocycles. The lowest BCUT2D eigenvalue weighted by Gasteiger charge is -2.12. The molecule has 3 N–H and O–H groups in total. The average molecular weight is 238 g/mol. The zero-order valence-electron chi connectivity index (χ0n) is 9.71. The van der Waals surface area contributed by atoms with Crippen molar-refractivity contribution in [3.63, 3.8) is 0 Å². The summed E-state index contributed by atoms with van der Waals surface area (Å²) in [5.41, 5.74) is 3.43. The number of hydrogen-bond acceptors (Lipinski definition) is 2. The van der Waals surface area contributed by atoms with Crippen LogP contribution in [0.2, 0.25) is 0 Å². The molecule has 3 nitrogen and oxygen atoms in total. The Morgan fingerprint density at radius 3 is 2.75 bits per heavy atom. The number of nitrogens with one attached hydrogen (secondary N) is 2. The van der Waals surface area contributed by atoms with Gasteiger partial charge in [-0.2, -0.15) is 0 Å². The van der Waals surface area contributed by atoms with Crippen molar-refractivity contribution in [2.24, 2.45) is 0 Å². The first-order valence-corrected chi connectivity index (χ1v) is 5.77. The van der Waals surface area contributed by atoms with Crippen molar-refractivity contribution >= 4 is 23.0 Å². The van der Waals surface area contributed by atoms with Crippen LogP contribution >= 0.6 is 12.2 Å². The number of benzene rings is 1. The smallest absolute Gasteiger partial charge is 0.170 e. The van der Waals surface area contributed by atoms with Crippen molar-refractivity contribution in [2.75, 3.05) is 18.5 Å².